The van der Waals surface area contributed by atoms with Crippen molar-refractivity contribution < 1.29 is 13.6 Å². The Balaban J connectivity index is 2.64. The molecule has 0 unspecified atom stereocenters. The molecule has 0 N–H and O–H groups in total. The van der Waals surface area contributed by atoms with E-state index in [2.05, 4.69) is 0 Å². The Morgan fingerprint density at radius 3 is 2.50 bits per heavy atom. The van der Waals surface area contributed by atoms with Gasteiger partial charge in [-0.1, -0.05) is 6.07 Å². The maximum absolute atomic E-state index is 12.0. The predicted octanol–water partition coefficient (Wildman–Crippen LogP) is 4.02. The van der Waals surface area contributed by atoms with Gasteiger partial charge in [0, 0.05) is 11.4 Å². The van der Waals surface area contributed by atoms with E-state index < -0.39 is 6.80 Å². The first kappa shape index (κ1) is 12.3. The second-order valence-electron chi connectivity index (χ2n) is 2.31. The smallest absolute Gasteiger partial charge is 0.301 e. The zero-order chi connectivity index (χ0) is 10.4. The quantitative estimate of drug-likeness (QED) is 0.716. The molecule has 0 aliphatic heterocycles. The van der Waals surface area contributed by atoms with E-state index in [1.54, 1.807) is 13.8 Å². The lowest BCUT2D eigenvalue weighted by molar-refractivity contribution is 0.237. The average molecular weight is 252 g/mol. The van der Waals surface area contributed by atoms with Crippen molar-refractivity contribution >= 4 is 29.5 Å². The molecule has 0 spiro atoms. The van der Waals surface area contributed by atoms with Crippen molar-refractivity contribution in [3.8, 4) is 0 Å². The van der Waals surface area contributed by atoms with E-state index in [9.17, 15) is 4.57 Å². The van der Waals surface area contributed by atoms with Crippen molar-refractivity contribution in [2.24, 2.45) is 0 Å². The fraction of sp³-hybridized carbons (Fsp3) is 0.500. The fourth-order valence-corrected chi connectivity index (χ4v) is 5.79. The van der Waals surface area contributed by atoms with Crippen LogP contribution in [0.4, 0.5) is 0 Å². The minimum atomic E-state index is -2.98. The lowest BCUT2D eigenvalue weighted by Gasteiger charge is -2.14. The van der Waals surface area contributed by atoms with Gasteiger partial charge in [-0.05, 0) is 25.3 Å². The highest BCUT2D eigenvalue weighted by atomic mass is 32.7. The van der Waals surface area contributed by atoms with Gasteiger partial charge in [-0.25, -0.2) is 4.57 Å². The van der Waals surface area contributed by atoms with Gasteiger partial charge in [-0.15, -0.1) is 11.3 Å². The van der Waals surface area contributed by atoms with E-state index in [1.807, 2.05) is 17.5 Å². The Labute approximate surface area is 92.1 Å². The maximum Gasteiger partial charge on any atom is 0.394 e. The van der Waals surface area contributed by atoms with Gasteiger partial charge in [0.1, 0.15) is 0 Å². The Hall–Kier alpha value is 0.200. The molecule has 1 aromatic rings. The third-order valence-electron chi connectivity index (χ3n) is 1.27. The molecule has 0 radical (unpaired) electrons. The van der Waals surface area contributed by atoms with Crippen LogP contribution in [0.1, 0.15) is 13.8 Å². The van der Waals surface area contributed by atoms with Crippen LogP contribution >= 0.6 is 29.5 Å². The molecule has 0 aromatic carbocycles. The summed E-state index contributed by atoms with van der Waals surface area (Å²) in [4.78, 5) is 0. The molecule has 0 amide bonds. The molecule has 0 aliphatic rings. The van der Waals surface area contributed by atoms with Gasteiger partial charge in [0.25, 0.3) is 0 Å². The van der Waals surface area contributed by atoms with Crippen LogP contribution in [-0.4, -0.2) is 13.2 Å². The molecule has 1 rings (SSSR count). The van der Waals surface area contributed by atoms with Gasteiger partial charge >= 0.3 is 6.80 Å². The van der Waals surface area contributed by atoms with Crippen LogP contribution in [-0.2, 0) is 13.6 Å². The number of rotatable bonds is 6. The summed E-state index contributed by atoms with van der Waals surface area (Å²) in [6, 6.07) is 3.81. The summed E-state index contributed by atoms with van der Waals surface area (Å²) in [5.74, 6) is 0. The van der Waals surface area contributed by atoms with Gasteiger partial charge in [0.2, 0.25) is 0 Å². The van der Waals surface area contributed by atoms with Crippen molar-refractivity contribution in [2.75, 3.05) is 13.2 Å². The molecule has 0 atom stereocenters. The average Bonchev–Trinajstić information content (AvgIpc) is 2.57. The summed E-state index contributed by atoms with van der Waals surface area (Å²) in [6.45, 7) is 1.43. The summed E-state index contributed by atoms with van der Waals surface area (Å²) in [5, 5.41) is 1.94. The molecule has 0 aliphatic carbocycles. The largest absolute Gasteiger partial charge is 0.394 e. The van der Waals surface area contributed by atoms with E-state index in [0.717, 1.165) is 4.21 Å². The van der Waals surface area contributed by atoms with Crippen molar-refractivity contribution in [3.05, 3.63) is 17.5 Å². The van der Waals surface area contributed by atoms with Crippen molar-refractivity contribution in [1.82, 2.24) is 0 Å². The van der Waals surface area contributed by atoms with E-state index in [0.29, 0.717) is 13.2 Å². The van der Waals surface area contributed by atoms with Crippen molar-refractivity contribution in [2.45, 2.75) is 18.1 Å². The Bertz CT molecular complexity index is 290. The topological polar surface area (TPSA) is 35.5 Å². The van der Waals surface area contributed by atoms with Crippen molar-refractivity contribution in [3.63, 3.8) is 0 Å². The molecule has 1 heterocycles. The summed E-state index contributed by atoms with van der Waals surface area (Å²) < 4.78 is 23.3. The zero-order valence-corrected chi connectivity index (χ0v) is 10.7. The van der Waals surface area contributed by atoms with Crippen LogP contribution in [0.2, 0.25) is 0 Å². The van der Waals surface area contributed by atoms with Crippen LogP contribution in [0.3, 0.4) is 0 Å². The predicted molar refractivity (Wildman–Crippen MR) is 61.0 cm³/mol. The Morgan fingerprint density at radius 2 is 2.07 bits per heavy atom. The highest BCUT2D eigenvalue weighted by molar-refractivity contribution is 8.55. The van der Waals surface area contributed by atoms with E-state index in [-0.39, 0.29) is 0 Å². The minimum absolute atomic E-state index is 0.398. The van der Waals surface area contributed by atoms with Gasteiger partial charge < -0.3 is 9.05 Å². The summed E-state index contributed by atoms with van der Waals surface area (Å²) in [6.07, 6.45) is 0. The van der Waals surface area contributed by atoms with Crippen LogP contribution in [0.15, 0.2) is 21.7 Å². The molecular formula is C8H13O3PS2. The third-order valence-corrected chi connectivity index (χ3v) is 6.42. The molecule has 0 saturated heterocycles. The highest BCUT2D eigenvalue weighted by Gasteiger charge is 2.25. The Morgan fingerprint density at radius 1 is 1.43 bits per heavy atom. The normalized spacial score (nSPS) is 11.9. The van der Waals surface area contributed by atoms with Gasteiger partial charge in [0.05, 0.1) is 17.4 Å². The second kappa shape index (κ2) is 5.93. The van der Waals surface area contributed by atoms with Gasteiger partial charge in [0.15, 0.2) is 0 Å². The van der Waals surface area contributed by atoms with Crippen LogP contribution < -0.4 is 0 Å². The first-order chi connectivity index (χ1) is 6.70. The molecule has 3 nitrogen and oxygen atoms in total. The summed E-state index contributed by atoms with van der Waals surface area (Å²) in [7, 11) is 0. The van der Waals surface area contributed by atoms with E-state index >= 15 is 0 Å². The standard InChI is InChI=1S/C8H13O3PS2/c1-3-10-12(9,11-4-2)14-8-6-5-7-13-8/h5-7H,3-4H2,1-2H3. The van der Waals surface area contributed by atoms with E-state index in [4.69, 9.17) is 9.05 Å². The van der Waals surface area contributed by atoms with E-state index in [1.165, 1.54) is 22.7 Å². The molecule has 1 aromatic heterocycles. The summed E-state index contributed by atoms with van der Waals surface area (Å²) in [5.41, 5.74) is 0. The lowest BCUT2D eigenvalue weighted by atomic mass is 10.7. The molecule has 0 fully saturated rings. The molecule has 14 heavy (non-hydrogen) atoms. The monoisotopic (exact) mass is 252 g/mol. The second-order valence-corrected chi connectivity index (χ2v) is 7.43. The minimum Gasteiger partial charge on any atom is -0.301 e. The molecule has 80 valence electrons. The van der Waals surface area contributed by atoms with Crippen LogP contribution in [0, 0.1) is 0 Å². The number of thiophene rings is 1. The fourth-order valence-electron chi connectivity index (χ4n) is 0.832. The first-order valence-corrected chi connectivity index (χ1v) is 8.17. The lowest BCUT2D eigenvalue weighted by Crippen LogP contribution is -1.91. The zero-order valence-electron chi connectivity index (χ0n) is 8.13. The molecule has 0 bridgehead atoms. The van der Waals surface area contributed by atoms with Crippen molar-refractivity contribution in [1.29, 1.82) is 0 Å². The SMILES string of the molecule is CCOP(=O)(OCC)Sc1cccs1. The molecular weight excluding hydrogens is 239 g/mol. The molecule has 0 saturated carbocycles. The Kier molecular flexibility index (Phi) is 5.20. The number of hydrogen-bond donors (Lipinski definition) is 0. The van der Waals surface area contributed by atoms with Gasteiger partial charge in [-0.2, -0.15) is 0 Å². The van der Waals surface area contributed by atoms with Crippen LogP contribution in [0.25, 0.3) is 0 Å². The number of hydrogen-bond acceptors (Lipinski definition) is 5. The molecule has 6 heteroatoms. The third kappa shape index (κ3) is 3.75. The first-order valence-electron chi connectivity index (χ1n) is 4.32. The maximum atomic E-state index is 12.0. The summed E-state index contributed by atoms with van der Waals surface area (Å²) >= 11 is 2.71. The highest BCUT2D eigenvalue weighted by Crippen LogP contribution is 2.64. The van der Waals surface area contributed by atoms with Crippen LogP contribution in [0.5, 0.6) is 0 Å². The van der Waals surface area contributed by atoms with Gasteiger partial charge in [-0.3, -0.25) is 0 Å².